The smallest absolute Gasteiger partial charge is 0.307 e. The van der Waals surface area contributed by atoms with Crippen LogP contribution in [0.15, 0.2) is 11.4 Å². The van der Waals surface area contributed by atoms with Gasteiger partial charge in [-0.2, -0.15) is 0 Å². The van der Waals surface area contributed by atoms with E-state index in [1.54, 1.807) is 11.3 Å². The lowest BCUT2D eigenvalue weighted by molar-refractivity contribution is -0.150. The molecule has 114 valence electrons. The maximum atomic E-state index is 12.9. The second-order valence-corrected chi connectivity index (χ2v) is 7.39. The molecule has 2 aliphatic rings. The topological polar surface area (TPSA) is 57.6 Å². The SMILES string of the molecule is CC1C[C@H](C(=O)N2CCc3sccc3C2C)[C@H](C(=O)O)C1. The monoisotopic (exact) mass is 307 g/mol. The standard InChI is InChI=1S/C16H21NO3S/c1-9-7-12(13(8-9)16(19)20)15(18)17-5-3-14-11(10(17)2)4-6-21-14/h4,6,9-10,12-13H,3,5,7-8H2,1-2H3,(H,19,20)/t9?,10?,12-,13+/m0/s1. The van der Waals surface area contributed by atoms with E-state index in [1.807, 2.05) is 11.8 Å². The number of carboxylic acids is 1. The van der Waals surface area contributed by atoms with Crippen LogP contribution < -0.4 is 0 Å². The Labute approximate surface area is 128 Å². The van der Waals surface area contributed by atoms with Gasteiger partial charge >= 0.3 is 5.97 Å². The van der Waals surface area contributed by atoms with E-state index >= 15 is 0 Å². The van der Waals surface area contributed by atoms with Crippen LogP contribution in [0.2, 0.25) is 0 Å². The predicted octanol–water partition coefficient (Wildman–Crippen LogP) is 2.94. The molecule has 1 fully saturated rings. The third kappa shape index (κ3) is 2.48. The number of carboxylic acid groups (broad SMARTS) is 1. The zero-order valence-corrected chi connectivity index (χ0v) is 13.2. The van der Waals surface area contributed by atoms with Crippen molar-refractivity contribution in [1.82, 2.24) is 4.90 Å². The molecule has 1 aromatic heterocycles. The molecule has 4 atom stereocenters. The highest BCUT2D eigenvalue weighted by atomic mass is 32.1. The lowest BCUT2D eigenvalue weighted by Gasteiger charge is -2.36. The maximum absolute atomic E-state index is 12.9. The summed E-state index contributed by atoms with van der Waals surface area (Å²) in [5.41, 5.74) is 1.23. The van der Waals surface area contributed by atoms with Crippen LogP contribution in [0.3, 0.4) is 0 Å². The van der Waals surface area contributed by atoms with E-state index in [0.29, 0.717) is 25.3 Å². The van der Waals surface area contributed by atoms with Gasteiger partial charge in [-0.3, -0.25) is 9.59 Å². The van der Waals surface area contributed by atoms with Crippen molar-refractivity contribution in [3.63, 3.8) is 0 Å². The van der Waals surface area contributed by atoms with Crippen molar-refractivity contribution in [2.75, 3.05) is 6.54 Å². The summed E-state index contributed by atoms with van der Waals surface area (Å²) in [6.45, 7) is 4.81. The maximum Gasteiger partial charge on any atom is 0.307 e. The van der Waals surface area contributed by atoms with Crippen LogP contribution in [0.25, 0.3) is 0 Å². The molecule has 0 saturated heterocycles. The second kappa shape index (κ2) is 5.44. The lowest BCUT2D eigenvalue weighted by atomic mass is 9.92. The molecule has 2 heterocycles. The van der Waals surface area contributed by atoms with Crippen molar-refractivity contribution in [2.45, 2.75) is 39.2 Å². The van der Waals surface area contributed by atoms with Crippen molar-refractivity contribution in [2.24, 2.45) is 17.8 Å². The van der Waals surface area contributed by atoms with Crippen LogP contribution in [-0.4, -0.2) is 28.4 Å². The first-order chi connectivity index (χ1) is 9.99. The number of carbonyl (C=O) groups excluding carboxylic acids is 1. The summed E-state index contributed by atoms with van der Waals surface area (Å²) < 4.78 is 0. The molecule has 4 nitrogen and oxygen atoms in total. The number of amides is 1. The molecule has 1 aromatic rings. The molecule has 1 N–H and O–H groups in total. The summed E-state index contributed by atoms with van der Waals surface area (Å²) >= 11 is 1.75. The summed E-state index contributed by atoms with van der Waals surface area (Å²) in [5.74, 6) is -1.32. The van der Waals surface area contributed by atoms with Crippen LogP contribution in [-0.2, 0) is 16.0 Å². The van der Waals surface area contributed by atoms with Gasteiger partial charge in [-0.25, -0.2) is 0 Å². The first-order valence-electron chi connectivity index (χ1n) is 7.58. The lowest BCUT2D eigenvalue weighted by Crippen LogP contribution is -2.43. The molecule has 1 aliphatic carbocycles. The predicted molar refractivity (Wildman–Crippen MR) is 81.2 cm³/mol. The summed E-state index contributed by atoms with van der Waals surface area (Å²) in [7, 11) is 0. The van der Waals surface area contributed by atoms with Gasteiger partial charge in [0.15, 0.2) is 0 Å². The summed E-state index contributed by atoms with van der Waals surface area (Å²) in [6.07, 6.45) is 2.22. The minimum Gasteiger partial charge on any atom is -0.481 e. The number of rotatable bonds is 2. The number of aliphatic carboxylic acids is 1. The third-order valence-electron chi connectivity index (χ3n) is 4.99. The van der Waals surface area contributed by atoms with E-state index in [0.717, 1.165) is 6.42 Å². The molecule has 2 unspecified atom stereocenters. The molecular weight excluding hydrogens is 286 g/mol. The van der Waals surface area contributed by atoms with Gasteiger partial charge < -0.3 is 10.0 Å². The zero-order valence-electron chi connectivity index (χ0n) is 12.4. The molecule has 0 radical (unpaired) electrons. The molecule has 0 aromatic carbocycles. The van der Waals surface area contributed by atoms with Crippen LogP contribution >= 0.6 is 11.3 Å². The molecule has 1 saturated carbocycles. The summed E-state index contributed by atoms with van der Waals surface area (Å²) in [4.78, 5) is 27.5. The van der Waals surface area contributed by atoms with Gasteiger partial charge in [0.25, 0.3) is 0 Å². The Morgan fingerprint density at radius 1 is 1.29 bits per heavy atom. The van der Waals surface area contributed by atoms with Gasteiger partial charge in [0, 0.05) is 11.4 Å². The first kappa shape index (κ1) is 14.6. The molecule has 0 bridgehead atoms. The van der Waals surface area contributed by atoms with Crippen molar-refractivity contribution < 1.29 is 14.7 Å². The zero-order chi connectivity index (χ0) is 15.1. The minimum atomic E-state index is -0.821. The Morgan fingerprint density at radius 3 is 2.71 bits per heavy atom. The number of nitrogens with zero attached hydrogens (tertiary/aromatic N) is 1. The number of hydrogen-bond acceptors (Lipinski definition) is 3. The van der Waals surface area contributed by atoms with Gasteiger partial charge in [-0.05, 0) is 49.1 Å². The highest BCUT2D eigenvalue weighted by molar-refractivity contribution is 7.10. The Bertz CT molecular complexity index is 568. The van der Waals surface area contributed by atoms with Gasteiger partial charge in [0.2, 0.25) is 5.91 Å². The number of carbonyl (C=O) groups is 2. The normalized spacial score (nSPS) is 32.0. The Morgan fingerprint density at radius 2 is 2.00 bits per heavy atom. The minimum absolute atomic E-state index is 0.0381. The molecular formula is C16H21NO3S. The van der Waals surface area contributed by atoms with Gasteiger partial charge in [0.05, 0.1) is 17.9 Å². The van der Waals surface area contributed by atoms with Crippen LogP contribution in [0, 0.1) is 17.8 Å². The van der Waals surface area contributed by atoms with E-state index in [9.17, 15) is 14.7 Å². The molecule has 0 spiro atoms. The van der Waals surface area contributed by atoms with Crippen LogP contribution in [0.1, 0.15) is 43.2 Å². The quantitative estimate of drug-likeness (QED) is 0.914. The van der Waals surface area contributed by atoms with Crippen molar-refractivity contribution in [3.8, 4) is 0 Å². The molecule has 5 heteroatoms. The highest BCUT2D eigenvalue weighted by Gasteiger charge is 2.44. The Hall–Kier alpha value is -1.36. The van der Waals surface area contributed by atoms with E-state index in [4.69, 9.17) is 0 Å². The number of hydrogen-bond donors (Lipinski definition) is 1. The average molecular weight is 307 g/mol. The molecule has 1 amide bonds. The van der Waals surface area contributed by atoms with E-state index in [1.165, 1.54) is 10.4 Å². The first-order valence-corrected chi connectivity index (χ1v) is 8.46. The highest BCUT2D eigenvalue weighted by Crippen LogP contribution is 2.40. The summed E-state index contributed by atoms with van der Waals surface area (Å²) in [5, 5.41) is 11.4. The van der Waals surface area contributed by atoms with Gasteiger partial charge in [-0.15, -0.1) is 11.3 Å². The summed E-state index contributed by atoms with van der Waals surface area (Å²) in [6, 6.07) is 2.16. The van der Waals surface area contributed by atoms with E-state index in [2.05, 4.69) is 18.4 Å². The molecule has 3 rings (SSSR count). The fourth-order valence-corrected chi connectivity index (χ4v) is 4.82. The molecule has 21 heavy (non-hydrogen) atoms. The number of fused-ring (bicyclic) bond motifs is 1. The van der Waals surface area contributed by atoms with E-state index < -0.39 is 11.9 Å². The second-order valence-electron chi connectivity index (χ2n) is 6.38. The van der Waals surface area contributed by atoms with Crippen LogP contribution in [0.5, 0.6) is 0 Å². The van der Waals surface area contributed by atoms with Gasteiger partial charge in [0.1, 0.15) is 0 Å². The van der Waals surface area contributed by atoms with Crippen molar-refractivity contribution in [1.29, 1.82) is 0 Å². The fraction of sp³-hybridized carbons (Fsp3) is 0.625. The van der Waals surface area contributed by atoms with E-state index in [-0.39, 0.29) is 17.9 Å². The largest absolute Gasteiger partial charge is 0.481 e. The Balaban J connectivity index is 1.81. The van der Waals surface area contributed by atoms with Crippen molar-refractivity contribution >= 4 is 23.2 Å². The van der Waals surface area contributed by atoms with Crippen LogP contribution in [0.4, 0.5) is 0 Å². The third-order valence-corrected chi connectivity index (χ3v) is 5.99. The average Bonchev–Trinajstić information content (AvgIpc) is 3.05. The molecule has 1 aliphatic heterocycles. The fourth-order valence-electron chi connectivity index (χ4n) is 3.86. The van der Waals surface area contributed by atoms with Crippen molar-refractivity contribution in [3.05, 3.63) is 21.9 Å². The number of thiophene rings is 1. The Kier molecular flexibility index (Phi) is 3.78. The van der Waals surface area contributed by atoms with Gasteiger partial charge in [-0.1, -0.05) is 6.92 Å².